The van der Waals surface area contributed by atoms with E-state index in [1.807, 2.05) is 13.8 Å². The molecule has 3 aliphatic heterocycles. The molecule has 1 amide bonds. The predicted octanol–water partition coefficient (Wildman–Crippen LogP) is 3.34. The van der Waals surface area contributed by atoms with Crippen LogP contribution in [0.4, 0.5) is 0 Å². The van der Waals surface area contributed by atoms with Gasteiger partial charge in [-0.1, -0.05) is 11.5 Å². The highest BCUT2D eigenvalue weighted by atomic mass is 32.2. The summed E-state index contributed by atoms with van der Waals surface area (Å²) >= 11 is 1.54. The Morgan fingerprint density at radius 1 is 1.26 bits per heavy atom. The first-order valence-electron chi connectivity index (χ1n) is 12.1. The van der Waals surface area contributed by atoms with Crippen LogP contribution in [0.15, 0.2) is 10.1 Å². The van der Waals surface area contributed by atoms with E-state index in [-0.39, 0.29) is 11.3 Å². The molecule has 0 radical (unpaired) electrons. The maximum absolute atomic E-state index is 12.9. The van der Waals surface area contributed by atoms with Crippen molar-refractivity contribution in [2.75, 3.05) is 26.4 Å². The lowest BCUT2D eigenvalue weighted by Crippen LogP contribution is -2.65. The average Bonchev–Trinajstić information content (AvgIpc) is 3.04. The zero-order chi connectivity index (χ0) is 25.8. The van der Waals surface area contributed by atoms with Gasteiger partial charge in [-0.05, 0) is 65.3 Å². The number of azide groups is 1. The molecule has 194 valence electrons. The van der Waals surface area contributed by atoms with Crippen molar-refractivity contribution in [3.63, 3.8) is 0 Å². The van der Waals surface area contributed by atoms with Crippen molar-refractivity contribution in [1.29, 1.82) is 0 Å². The second kappa shape index (κ2) is 11.1. The highest BCUT2D eigenvalue weighted by molar-refractivity contribution is 8.01. The molecule has 3 atom stereocenters. The molecule has 0 N–H and O–H groups in total. The Labute approximate surface area is 210 Å². The predicted molar refractivity (Wildman–Crippen MR) is 132 cm³/mol. The third-order valence-corrected chi connectivity index (χ3v) is 8.17. The number of aliphatic imine (C=N–C) groups is 1. The molecule has 3 rings (SSSR count). The van der Waals surface area contributed by atoms with Crippen LogP contribution in [0.5, 0.6) is 0 Å². The van der Waals surface area contributed by atoms with Crippen molar-refractivity contribution < 1.29 is 23.9 Å². The summed E-state index contributed by atoms with van der Waals surface area (Å²) in [5.74, 6) is -0.610. The first kappa shape index (κ1) is 27.1. The molecule has 0 unspecified atom stereocenters. The lowest BCUT2D eigenvalue weighted by atomic mass is 9.92. The zero-order valence-electron chi connectivity index (χ0n) is 21.2. The number of rotatable bonds is 9. The highest BCUT2D eigenvalue weighted by Gasteiger charge is 2.64. The van der Waals surface area contributed by atoms with Crippen molar-refractivity contribution >= 4 is 35.9 Å². The Bertz CT molecular complexity index is 889. The Balaban J connectivity index is 1.49. The van der Waals surface area contributed by atoms with Crippen LogP contribution in [0, 0.1) is 11.3 Å². The summed E-state index contributed by atoms with van der Waals surface area (Å²) in [7, 11) is 0. The Morgan fingerprint density at radius 3 is 2.57 bits per heavy atom. The van der Waals surface area contributed by atoms with E-state index in [1.54, 1.807) is 32.0 Å². The van der Waals surface area contributed by atoms with E-state index in [4.69, 9.17) is 15.0 Å². The first-order valence-corrected chi connectivity index (χ1v) is 13.0. The Morgan fingerprint density at radius 2 is 1.94 bits per heavy atom. The average molecular weight is 509 g/mol. The minimum atomic E-state index is -0.758. The van der Waals surface area contributed by atoms with Crippen molar-refractivity contribution in [3.8, 4) is 0 Å². The molecular formula is C23H36N6O5S. The molecule has 12 heteroatoms. The molecule has 0 saturated carbocycles. The van der Waals surface area contributed by atoms with Crippen LogP contribution < -0.4 is 0 Å². The number of carbonyl (C=O) groups is 3. The van der Waals surface area contributed by atoms with Crippen LogP contribution in [0.1, 0.15) is 60.3 Å². The van der Waals surface area contributed by atoms with Gasteiger partial charge in [0.25, 0.3) is 5.91 Å². The molecule has 0 aromatic heterocycles. The molecule has 3 heterocycles. The summed E-state index contributed by atoms with van der Waals surface area (Å²) in [6, 6.07) is -1.27. The van der Waals surface area contributed by atoms with E-state index in [1.165, 1.54) is 11.8 Å². The van der Waals surface area contributed by atoms with Crippen LogP contribution in [0.25, 0.3) is 10.4 Å². The molecule has 0 aromatic carbocycles. The molecule has 11 nitrogen and oxygen atoms in total. The minimum Gasteiger partial charge on any atom is -0.427 e. The number of hydrogen-bond donors (Lipinski definition) is 0. The minimum absolute atomic E-state index is 0.189. The molecule has 3 aliphatic rings. The van der Waals surface area contributed by atoms with Gasteiger partial charge in [-0.3, -0.25) is 14.6 Å². The number of nitrogens with zero attached hydrogens (tertiary/aromatic N) is 6. The number of piperidine rings is 1. The van der Waals surface area contributed by atoms with E-state index in [2.05, 4.69) is 19.9 Å². The van der Waals surface area contributed by atoms with Gasteiger partial charge in [0.05, 0.1) is 11.8 Å². The highest BCUT2D eigenvalue weighted by Crippen LogP contribution is 2.51. The maximum Gasteiger partial charge on any atom is 0.333 e. The van der Waals surface area contributed by atoms with Gasteiger partial charge in [0.15, 0.2) is 6.04 Å². The molecule has 0 aromatic rings. The van der Waals surface area contributed by atoms with Gasteiger partial charge in [0.2, 0.25) is 6.79 Å². The van der Waals surface area contributed by atoms with Crippen LogP contribution in [-0.4, -0.2) is 82.6 Å². The normalized spacial score (nSPS) is 26.2. The number of carbonyl (C=O) groups excluding carboxylic acids is 3. The summed E-state index contributed by atoms with van der Waals surface area (Å²) in [5.41, 5.74) is 7.67. The van der Waals surface area contributed by atoms with Crippen molar-refractivity contribution in [2.24, 2.45) is 21.4 Å². The van der Waals surface area contributed by atoms with Crippen LogP contribution >= 0.6 is 11.8 Å². The van der Waals surface area contributed by atoms with Gasteiger partial charge >= 0.3 is 11.9 Å². The third-order valence-electron chi connectivity index (χ3n) is 6.61. The van der Waals surface area contributed by atoms with Gasteiger partial charge in [-0.2, -0.15) is 0 Å². The molecule has 0 aliphatic carbocycles. The molecule has 3 saturated heterocycles. The fraction of sp³-hybridized carbons (Fsp3) is 0.826. The van der Waals surface area contributed by atoms with Crippen LogP contribution in [0.2, 0.25) is 0 Å². The maximum atomic E-state index is 12.9. The van der Waals surface area contributed by atoms with Gasteiger partial charge in [-0.15, -0.1) is 11.8 Å². The number of hydrogen-bond acceptors (Lipinski definition) is 8. The standard InChI is InChI=1S/C23H36N6O5S/c1-22(2,3)21(32)34-14-33-20(31)17-23(4,5)35-19-16(18(30)29(17)19)25-13-28-11-8-15(9-12-28)7-6-10-26-27-24/h13,15-17,19H,6-12,14H2,1-5H3/t16-,17+,19-/m1/s1. The monoisotopic (exact) mass is 508 g/mol. The Kier molecular flexibility index (Phi) is 8.58. The van der Waals surface area contributed by atoms with Gasteiger partial charge < -0.3 is 19.3 Å². The number of ether oxygens (including phenoxy) is 2. The first-order chi connectivity index (χ1) is 16.5. The van der Waals surface area contributed by atoms with Crippen molar-refractivity contribution in [3.05, 3.63) is 10.4 Å². The van der Waals surface area contributed by atoms with Gasteiger partial charge in [-0.25, -0.2) is 4.79 Å². The third kappa shape index (κ3) is 6.41. The fourth-order valence-corrected chi connectivity index (χ4v) is 6.18. The van der Waals surface area contributed by atoms with E-state index in [9.17, 15) is 14.4 Å². The summed E-state index contributed by atoms with van der Waals surface area (Å²) in [4.78, 5) is 48.6. The number of fused-ring (bicyclic) bond motifs is 1. The number of esters is 2. The quantitative estimate of drug-likeness (QED) is 0.0536. The number of β-lactam (4-membered cyclic amide) rings is 1. The summed E-state index contributed by atoms with van der Waals surface area (Å²) < 4.78 is 9.70. The summed E-state index contributed by atoms with van der Waals surface area (Å²) in [6.45, 7) is 10.8. The zero-order valence-corrected chi connectivity index (χ0v) is 22.0. The van der Waals surface area contributed by atoms with Crippen molar-refractivity contribution in [1.82, 2.24) is 9.80 Å². The van der Waals surface area contributed by atoms with E-state index in [0.29, 0.717) is 12.5 Å². The van der Waals surface area contributed by atoms with E-state index >= 15 is 0 Å². The molecule has 0 spiro atoms. The van der Waals surface area contributed by atoms with E-state index in [0.717, 1.165) is 38.8 Å². The van der Waals surface area contributed by atoms with Gasteiger partial charge in [0, 0.05) is 29.3 Å². The fourth-order valence-electron chi connectivity index (χ4n) is 4.57. The topological polar surface area (TPSA) is 137 Å². The van der Waals surface area contributed by atoms with Crippen LogP contribution in [0.3, 0.4) is 0 Å². The second-order valence-electron chi connectivity index (χ2n) is 10.8. The smallest absolute Gasteiger partial charge is 0.333 e. The lowest BCUT2D eigenvalue weighted by Gasteiger charge is -2.42. The number of amides is 1. The molecule has 0 bridgehead atoms. The van der Waals surface area contributed by atoms with Crippen LogP contribution in [-0.2, 0) is 23.9 Å². The van der Waals surface area contributed by atoms with E-state index < -0.39 is 41.0 Å². The molecular weight excluding hydrogens is 472 g/mol. The molecule has 35 heavy (non-hydrogen) atoms. The lowest BCUT2D eigenvalue weighted by molar-refractivity contribution is -0.179. The SMILES string of the molecule is CC(C)(C)C(=O)OCOC(=O)[C@@H]1N2C(=O)[C@@H](N=CN3CCC(CCCN=[N+]=[N-])CC3)[C@H]2SC1(C)C. The summed E-state index contributed by atoms with van der Waals surface area (Å²) in [5, 5.41) is 3.37. The summed E-state index contributed by atoms with van der Waals surface area (Å²) in [6.07, 6.45) is 5.84. The largest absolute Gasteiger partial charge is 0.427 e. The molecule has 3 fully saturated rings. The second-order valence-corrected chi connectivity index (χ2v) is 12.6. The Hall–Kier alpha value is -2.46. The van der Waals surface area contributed by atoms with Crippen molar-refractivity contribution in [2.45, 2.75) is 82.5 Å². The van der Waals surface area contributed by atoms with Gasteiger partial charge in [0.1, 0.15) is 11.4 Å². The number of thioether (sulfide) groups is 1. The number of likely N-dealkylation sites (tertiary alicyclic amines) is 1.